The van der Waals surface area contributed by atoms with E-state index in [0.717, 1.165) is 28.2 Å². The minimum atomic E-state index is -0.0692. The maximum Gasteiger partial charge on any atom is 0.326 e. The number of hydrogen-bond donors (Lipinski definition) is 2. The fraction of sp³-hybridized carbons (Fsp3) is 0.214. The van der Waals surface area contributed by atoms with E-state index in [2.05, 4.69) is 15.0 Å². The number of imidazole rings is 1. The van der Waals surface area contributed by atoms with Crippen LogP contribution in [0.15, 0.2) is 46.5 Å². The third-order valence-electron chi connectivity index (χ3n) is 3.14. The summed E-state index contributed by atoms with van der Waals surface area (Å²) < 4.78 is 1.76. The molecule has 0 atom stereocenters. The first-order chi connectivity index (χ1) is 10.3. The molecule has 0 unspecified atom stereocenters. The summed E-state index contributed by atoms with van der Waals surface area (Å²) in [6.45, 7) is 0.663. The number of anilines is 1. The normalized spacial score (nSPS) is 11.0. The van der Waals surface area contributed by atoms with E-state index in [1.54, 1.807) is 28.7 Å². The Labute approximate surface area is 125 Å². The van der Waals surface area contributed by atoms with Gasteiger partial charge in [0, 0.05) is 24.7 Å². The molecule has 2 aromatic heterocycles. The van der Waals surface area contributed by atoms with Gasteiger partial charge in [0.05, 0.1) is 11.0 Å². The van der Waals surface area contributed by atoms with Crippen molar-refractivity contribution in [2.24, 2.45) is 0 Å². The van der Waals surface area contributed by atoms with E-state index >= 15 is 0 Å². The van der Waals surface area contributed by atoms with Gasteiger partial charge >= 0.3 is 5.69 Å². The number of nitrogen functional groups attached to an aromatic ring is 1. The van der Waals surface area contributed by atoms with Crippen molar-refractivity contribution >= 4 is 28.6 Å². The first-order valence-electron chi connectivity index (χ1n) is 6.62. The highest BCUT2D eigenvalue weighted by Gasteiger charge is 2.06. The highest BCUT2D eigenvalue weighted by Crippen LogP contribution is 2.20. The van der Waals surface area contributed by atoms with Gasteiger partial charge in [0.2, 0.25) is 0 Å². The summed E-state index contributed by atoms with van der Waals surface area (Å²) in [6.07, 6.45) is 4.05. The number of fused-ring (bicyclic) bond motifs is 1. The maximum absolute atomic E-state index is 11.9. The largest absolute Gasteiger partial charge is 0.381 e. The molecular weight excluding hydrogens is 286 g/mol. The minimum absolute atomic E-state index is 0.0692. The molecule has 0 radical (unpaired) electrons. The van der Waals surface area contributed by atoms with E-state index in [0.29, 0.717) is 12.4 Å². The predicted octanol–water partition coefficient (Wildman–Crippen LogP) is 1.88. The van der Waals surface area contributed by atoms with Crippen molar-refractivity contribution in [1.82, 2.24) is 19.5 Å². The number of nitrogens with zero attached hydrogens (tertiary/aromatic N) is 3. The van der Waals surface area contributed by atoms with Crippen LogP contribution in [0.1, 0.15) is 6.42 Å². The van der Waals surface area contributed by atoms with E-state index in [1.807, 2.05) is 24.3 Å². The molecule has 6 nitrogen and oxygen atoms in total. The topological polar surface area (TPSA) is 89.6 Å². The summed E-state index contributed by atoms with van der Waals surface area (Å²) >= 11 is 1.56. The lowest BCUT2D eigenvalue weighted by Gasteiger charge is -2.04. The second kappa shape index (κ2) is 6.01. The summed E-state index contributed by atoms with van der Waals surface area (Å²) in [5, 5.41) is 0.740. The van der Waals surface area contributed by atoms with Crippen LogP contribution in [0.25, 0.3) is 11.0 Å². The Hall–Kier alpha value is -2.28. The molecule has 1 aromatic carbocycles. The molecule has 2 heterocycles. The van der Waals surface area contributed by atoms with Crippen molar-refractivity contribution in [2.45, 2.75) is 18.0 Å². The number of benzene rings is 1. The Bertz CT molecular complexity index is 810. The van der Waals surface area contributed by atoms with Crippen LogP contribution in [0.5, 0.6) is 0 Å². The molecule has 0 amide bonds. The average Bonchev–Trinajstić information content (AvgIpc) is 2.81. The zero-order chi connectivity index (χ0) is 14.7. The molecule has 0 saturated heterocycles. The van der Waals surface area contributed by atoms with Gasteiger partial charge in [-0.05, 0) is 18.6 Å². The molecule has 3 aromatic rings. The number of aryl methyl sites for hydroxylation is 1. The van der Waals surface area contributed by atoms with Crippen molar-refractivity contribution in [3.8, 4) is 0 Å². The molecule has 3 N–H and O–H groups in total. The number of rotatable bonds is 5. The molecule has 21 heavy (non-hydrogen) atoms. The van der Waals surface area contributed by atoms with Crippen LogP contribution in [0, 0.1) is 0 Å². The molecule has 0 fully saturated rings. The van der Waals surface area contributed by atoms with Gasteiger partial charge in [-0.15, -0.1) is 11.8 Å². The maximum atomic E-state index is 11.9. The van der Waals surface area contributed by atoms with Crippen LogP contribution in [0.3, 0.4) is 0 Å². The molecule has 0 aliphatic rings. The number of aromatic amines is 1. The van der Waals surface area contributed by atoms with Crippen LogP contribution < -0.4 is 11.4 Å². The molecular formula is C14H15N5OS. The van der Waals surface area contributed by atoms with Gasteiger partial charge in [-0.2, -0.15) is 0 Å². The first-order valence-corrected chi connectivity index (χ1v) is 7.61. The average molecular weight is 301 g/mol. The lowest BCUT2D eigenvalue weighted by atomic mass is 10.3. The molecule has 0 bridgehead atoms. The Morgan fingerprint density at radius 3 is 2.90 bits per heavy atom. The van der Waals surface area contributed by atoms with Gasteiger partial charge in [-0.1, -0.05) is 12.1 Å². The molecule has 108 valence electrons. The standard InChI is InChI=1S/C14H15N5OS/c15-12-13(17-7-6-16-12)21-9-3-8-19-11-5-2-1-4-10(11)18-14(19)20/h1-2,4-7H,3,8-9H2,(H2,15,16)(H,18,20). The Balaban J connectivity index is 1.64. The second-order valence-electron chi connectivity index (χ2n) is 4.55. The Morgan fingerprint density at radius 1 is 1.24 bits per heavy atom. The van der Waals surface area contributed by atoms with E-state index in [1.165, 1.54) is 0 Å². The highest BCUT2D eigenvalue weighted by molar-refractivity contribution is 7.99. The van der Waals surface area contributed by atoms with Gasteiger partial charge in [0.25, 0.3) is 0 Å². The summed E-state index contributed by atoms with van der Waals surface area (Å²) in [6, 6.07) is 7.69. The molecule has 0 spiro atoms. The molecule has 7 heteroatoms. The molecule has 0 aliphatic carbocycles. The van der Waals surface area contributed by atoms with Gasteiger partial charge in [0.15, 0.2) is 5.82 Å². The third-order valence-corrected chi connectivity index (χ3v) is 4.22. The van der Waals surface area contributed by atoms with Gasteiger partial charge in [0.1, 0.15) is 5.03 Å². The number of nitrogens with two attached hydrogens (primary N) is 1. The lowest BCUT2D eigenvalue weighted by molar-refractivity contribution is 0.679. The number of hydrogen-bond acceptors (Lipinski definition) is 5. The zero-order valence-electron chi connectivity index (χ0n) is 11.3. The van der Waals surface area contributed by atoms with Crippen LogP contribution in [-0.2, 0) is 6.54 Å². The van der Waals surface area contributed by atoms with Crippen molar-refractivity contribution in [2.75, 3.05) is 11.5 Å². The van der Waals surface area contributed by atoms with E-state index in [9.17, 15) is 4.79 Å². The quantitative estimate of drug-likeness (QED) is 0.555. The zero-order valence-corrected chi connectivity index (χ0v) is 12.1. The molecule has 0 aliphatic heterocycles. The Morgan fingerprint density at radius 2 is 2.05 bits per heavy atom. The molecule has 0 saturated carbocycles. The summed E-state index contributed by atoms with van der Waals surface area (Å²) in [7, 11) is 0. The van der Waals surface area contributed by atoms with Crippen LogP contribution in [-0.4, -0.2) is 25.3 Å². The van der Waals surface area contributed by atoms with Crippen molar-refractivity contribution in [3.63, 3.8) is 0 Å². The predicted molar refractivity (Wildman–Crippen MR) is 84.3 cm³/mol. The summed E-state index contributed by atoms with van der Waals surface area (Å²) in [5.41, 5.74) is 7.48. The van der Waals surface area contributed by atoms with Crippen LogP contribution in [0.4, 0.5) is 5.82 Å². The minimum Gasteiger partial charge on any atom is -0.381 e. The van der Waals surface area contributed by atoms with E-state index in [4.69, 9.17) is 5.73 Å². The fourth-order valence-corrected chi connectivity index (χ4v) is 2.97. The van der Waals surface area contributed by atoms with E-state index in [-0.39, 0.29) is 5.69 Å². The lowest BCUT2D eigenvalue weighted by Crippen LogP contribution is -2.17. The van der Waals surface area contributed by atoms with Gasteiger partial charge in [-0.25, -0.2) is 14.8 Å². The SMILES string of the molecule is Nc1nccnc1SCCCn1c(=O)[nH]c2ccccc21. The monoisotopic (exact) mass is 301 g/mol. The summed E-state index contributed by atoms with van der Waals surface area (Å²) in [4.78, 5) is 22.9. The fourth-order valence-electron chi connectivity index (χ4n) is 2.17. The van der Waals surface area contributed by atoms with Gasteiger partial charge < -0.3 is 10.7 Å². The first kappa shape index (κ1) is 13.7. The van der Waals surface area contributed by atoms with Crippen molar-refractivity contribution < 1.29 is 0 Å². The van der Waals surface area contributed by atoms with Crippen LogP contribution in [0.2, 0.25) is 0 Å². The number of H-pyrrole nitrogens is 1. The smallest absolute Gasteiger partial charge is 0.326 e. The van der Waals surface area contributed by atoms with Crippen molar-refractivity contribution in [1.29, 1.82) is 0 Å². The van der Waals surface area contributed by atoms with E-state index < -0.39 is 0 Å². The van der Waals surface area contributed by atoms with Crippen LogP contribution >= 0.6 is 11.8 Å². The Kier molecular flexibility index (Phi) is 3.92. The number of para-hydroxylation sites is 2. The number of nitrogens with one attached hydrogen (secondary N) is 1. The highest BCUT2D eigenvalue weighted by atomic mass is 32.2. The van der Waals surface area contributed by atoms with Gasteiger partial charge in [-0.3, -0.25) is 4.57 Å². The summed E-state index contributed by atoms with van der Waals surface area (Å²) in [5.74, 6) is 1.28. The molecule has 3 rings (SSSR count). The van der Waals surface area contributed by atoms with Crippen molar-refractivity contribution in [3.05, 3.63) is 47.1 Å². The second-order valence-corrected chi connectivity index (χ2v) is 5.63. The third kappa shape index (κ3) is 2.92. The number of thioether (sulfide) groups is 1. The number of aromatic nitrogens is 4.